The first kappa shape index (κ1) is 20.7. The number of fused-ring (bicyclic) bond motifs is 2. The number of anilines is 1. The summed E-state index contributed by atoms with van der Waals surface area (Å²) in [4.78, 5) is 16.8. The van der Waals surface area contributed by atoms with Gasteiger partial charge in [0.1, 0.15) is 16.6 Å². The molecule has 0 N–H and O–H groups in total. The number of likely N-dealkylation sites (N-methyl/N-ethyl adjacent to an activating group) is 1. The quantitative estimate of drug-likeness (QED) is 0.615. The van der Waals surface area contributed by atoms with Crippen LogP contribution in [0.5, 0.6) is 0 Å². The Labute approximate surface area is 189 Å². The molecule has 0 spiro atoms. The summed E-state index contributed by atoms with van der Waals surface area (Å²) in [6, 6.07) is 11.4. The van der Waals surface area contributed by atoms with E-state index in [4.69, 9.17) is 21.6 Å². The Morgan fingerprint density at radius 3 is 2.90 bits per heavy atom. The molecule has 0 saturated carbocycles. The fourth-order valence-corrected chi connectivity index (χ4v) is 5.33. The lowest BCUT2D eigenvalue weighted by atomic mass is 9.91. The van der Waals surface area contributed by atoms with Crippen LogP contribution in [0.4, 0.5) is 5.82 Å². The molecule has 2 aliphatic rings. The van der Waals surface area contributed by atoms with Gasteiger partial charge in [-0.15, -0.1) is 0 Å². The summed E-state index contributed by atoms with van der Waals surface area (Å²) in [5.41, 5.74) is 4.43. The van der Waals surface area contributed by atoms with Crippen molar-refractivity contribution in [3.8, 4) is 0 Å². The average molecular weight is 439 g/mol. The van der Waals surface area contributed by atoms with Crippen molar-refractivity contribution in [3.05, 3.63) is 58.6 Å². The summed E-state index contributed by atoms with van der Waals surface area (Å²) in [6.45, 7) is 6.02. The van der Waals surface area contributed by atoms with Gasteiger partial charge in [0.15, 0.2) is 0 Å². The van der Waals surface area contributed by atoms with Crippen LogP contribution in [0.15, 0.2) is 36.5 Å². The van der Waals surface area contributed by atoms with Crippen LogP contribution in [-0.4, -0.2) is 63.9 Å². The van der Waals surface area contributed by atoms with Crippen LogP contribution in [0.3, 0.4) is 0 Å². The van der Waals surface area contributed by atoms with Crippen molar-refractivity contribution in [2.24, 2.45) is 0 Å². The molecule has 1 aliphatic heterocycles. The third-order valence-electron chi connectivity index (χ3n) is 7.01. The first-order valence-electron chi connectivity index (χ1n) is 11.3. The van der Waals surface area contributed by atoms with E-state index >= 15 is 0 Å². The molecule has 1 fully saturated rings. The zero-order chi connectivity index (χ0) is 21.5. The molecule has 31 heavy (non-hydrogen) atoms. The Bertz CT molecular complexity index is 1080. The van der Waals surface area contributed by atoms with Crippen LogP contribution in [0, 0.1) is 0 Å². The molecule has 1 saturated heterocycles. The fourth-order valence-electron chi connectivity index (χ4n) is 5.05. The number of halogens is 1. The summed E-state index contributed by atoms with van der Waals surface area (Å²) >= 11 is 6.95. The Morgan fingerprint density at radius 1 is 1.19 bits per heavy atom. The standard InChI is InChI=1S/C24H31ClN6/c1-17-15-30(14-13-28(17)2)22-11-5-10-21-27-19(24(25)31(21)22)16-29(3)20-9-4-7-18-8-6-12-26-23(18)20/h5-6,8,10-12,17,20H,4,7,9,13-16H2,1-3H3/t17-,20-/m0/s1. The maximum atomic E-state index is 6.95. The highest BCUT2D eigenvalue weighted by molar-refractivity contribution is 6.30. The minimum absolute atomic E-state index is 0.309. The highest BCUT2D eigenvalue weighted by Crippen LogP contribution is 2.34. The van der Waals surface area contributed by atoms with Crippen molar-refractivity contribution in [2.45, 2.75) is 44.8 Å². The van der Waals surface area contributed by atoms with Gasteiger partial charge in [0.05, 0.1) is 17.4 Å². The third-order valence-corrected chi connectivity index (χ3v) is 7.40. The van der Waals surface area contributed by atoms with E-state index in [1.807, 2.05) is 12.3 Å². The van der Waals surface area contributed by atoms with E-state index in [2.05, 4.69) is 64.4 Å². The Hall–Kier alpha value is -2.15. The van der Waals surface area contributed by atoms with E-state index in [1.165, 1.54) is 17.7 Å². The minimum Gasteiger partial charge on any atom is -0.355 e. The van der Waals surface area contributed by atoms with Crippen LogP contribution < -0.4 is 4.90 Å². The molecule has 0 aromatic carbocycles. The summed E-state index contributed by atoms with van der Waals surface area (Å²) in [5, 5.41) is 0.723. The van der Waals surface area contributed by atoms with Crippen molar-refractivity contribution < 1.29 is 0 Å². The lowest BCUT2D eigenvalue weighted by molar-refractivity contribution is 0.206. The number of rotatable bonds is 4. The molecule has 3 aromatic heterocycles. The van der Waals surface area contributed by atoms with Crippen molar-refractivity contribution in [3.63, 3.8) is 0 Å². The molecule has 0 radical (unpaired) electrons. The Morgan fingerprint density at radius 2 is 2.06 bits per heavy atom. The summed E-state index contributed by atoms with van der Waals surface area (Å²) in [5.74, 6) is 1.13. The summed E-state index contributed by atoms with van der Waals surface area (Å²) < 4.78 is 2.12. The summed E-state index contributed by atoms with van der Waals surface area (Å²) in [7, 11) is 4.36. The topological polar surface area (TPSA) is 39.9 Å². The van der Waals surface area contributed by atoms with E-state index < -0.39 is 0 Å². The van der Waals surface area contributed by atoms with Gasteiger partial charge in [-0.3, -0.25) is 14.3 Å². The van der Waals surface area contributed by atoms with Crippen LogP contribution in [-0.2, 0) is 13.0 Å². The van der Waals surface area contributed by atoms with Gasteiger partial charge in [-0.2, -0.15) is 0 Å². The molecule has 3 aromatic rings. The van der Waals surface area contributed by atoms with Crippen LogP contribution in [0.2, 0.25) is 5.15 Å². The molecule has 1 aliphatic carbocycles. The number of aryl methyl sites for hydroxylation is 1. The van der Waals surface area contributed by atoms with E-state index in [0.29, 0.717) is 18.6 Å². The van der Waals surface area contributed by atoms with E-state index in [9.17, 15) is 0 Å². The number of nitrogens with zero attached hydrogens (tertiary/aromatic N) is 6. The SMILES string of the molecule is C[C@H]1CN(c2cccc3nc(CN(C)[C@H]4CCCc5cccnc54)c(Cl)n23)CCN1C. The predicted octanol–water partition coefficient (Wildman–Crippen LogP) is 4.03. The van der Waals surface area contributed by atoms with Gasteiger partial charge < -0.3 is 9.80 Å². The number of aromatic nitrogens is 3. The fraction of sp³-hybridized carbons (Fsp3) is 0.500. The lowest BCUT2D eigenvalue weighted by Gasteiger charge is -2.39. The second-order valence-electron chi connectivity index (χ2n) is 9.07. The molecular formula is C24H31ClN6. The van der Waals surface area contributed by atoms with Crippen LogP contribution >= 0.6 is 11.6 Å². The molecular weight excluding hydrogens is 408 g/mol. The average Bonchev–Trinajstić information content (AvgIpc) is 3.10. The van der Waals surface area contributed by atoms with Gasteiger partial charge in [-0.1, -0.05) is 23.7 Å². The van der Waals surface area contributed by atoms with E-state index in [1.54, 1.807) is 0 Å². The Balaban J connectivity index is 1.44. The van der Waals surface area contributed by atoms with Crippen molar-refractivity contribution >= 4 is 23.1 Å². The highest BCUT2D eigenvalue weighted by atomic mass is 35.5. The molecule has 2 atom stereocenters. The molecule has 6 nitrogen and oxygen atoms in total. The normalized spacial score (nSPS) is 22.3. The maximum Gasteiger partial charge on any atom is 0.139 e. The first-order valence-corrected chi connectivity index (χ1v) is 11.7. The number of hydrogen-bond acceptors (Lipinski definition) is 5. The zero-order valence-electron chi connectivity index (χ0n) is 18.6. The highest BCUT2D eigenvalue weighted by Gasteiger charge is 2.27. The van der Waals surface area contributed by atoms with Gasteiger partial charge in [0.2, 0.25) is 0 Å². The van der Waals surface area contributed by atoms with Gasteiger partial charge in [-0.25, -0.2) is 4.98 Å². The van der Waals surface area contributed by atoms with Crippen molar-refractivity contribution in [1.29, 1.82) is 0 Å². The van der Waals surface area contributed by atoms with Crippen molar-refractivity contribution in [1.82, 2.24) is 24.2 Å². The lowest BCUT2D eigenvalue weighted by Crippen LogP contribution is -2.50. The molecule has 7 heteroatoms. The number of imidazole rings is 1. The minimum atomic E-state index is 0.309. The smallest absolute Gasteiger partial charge is 0.139 e. The number of hydrogen-bond donors (Lipinski definition) is 0. The largest absolute Gasteiger partial charge is 0.355 e. The van der Waals surface area contributed by atoms with Gasteiger partial charge in [0, 0.05) is 38.4 Å². The molecule has 4 heterocycles. The molecule has 0 bridgehead atoms. The maximum absolute atomic E-state index is 6.95. The first-order chi connectivity index (χ1) is 15.0. The molecule has 5 rings (SSSR count). The van der Waals surface area contributed by atoms with Gasteiger partial charge in [-0.05, 0) is 64.0 Å². The van der Waals surface area contributed by atoms with Crippen LogP contribution in [0.25, 0.3) is 5.65 Å². The predicted molar refractivity (Wildman–Crippen MR) is 126 cm³/mol. The van der Waals surface area contributed by atoms with Gasteiger partial charge >= 0.3 is 0 Å². The van der Waals surface area contributed by atoms with Gasteiger partial charge in [0.25, 0.3) is 0 Å². The molecule has 0 unspecified atom stereocenters. The Kier molecular flexibility index (Phi) is 5.63. The van der Waals surface area contributed by atoms with Crippen LogP contribution in [0.1, 0.15) is 42.8 Å². The van der Waals surface area contributed by atoms with Crippen molar-refractivity contribution in [2.75, 3.05) is 38.6 Å². The monoisotopic (exact) mass is 438 g/mol. The zero-order valence-corrected chi connectivity index (χ0v) is 19.4. The second kappa shape index (κ2) is 8.41. The van der Waals surface area contributed by atoms with E-state index in [-0.39, 0.29) is 0 Å². The van der Waals surface area contributed by atoms with E-state index in [0.717, 1.165) is 54.8 Å². The number of piperazine rings is 1. The number of pyridine rings is 2. The third kappa shape index (κ3) is 3.81. The summed E-state index contributed by atoms with van der Waals surface area (Å²) in [6.07, 6.45) is 5.34. The molecule has 164 valence electrons. The second-order valence-corrected chi connectivity index (χ2v) is 9.43. The molecule has 0 amide bonds.